The average molecular weight is 364 g/mol. The number of nitrogens with one attached hydrogen (secondary N) is 1. The second-order valence-corrected chi connectivity index (χ2v) is 7.89. The van der Waals surface area contributed by atoms with Crippen LogP contribution in [0.1, 0.15) is 42.4 Å². The van der Waals surface area contributed by atoms with Crippen LogP contribution in [-0.2, 0) is 17.6 Å². The van der Waals surface area contributed by atoms with Crippen molar-refractivity contribution in [2.45, 2.75) is 50.7 Å². The van der Waals surface area contributed by atoms with E-state index < -0.39 is 0 Å². The Hall–Kier alpha value is -2.17. The molecule has 2 atom stereocenters. The molecule has 2 aliphatic rings. The molecular weight excluding hydrogens is 336 g/mol. The number of anilines is 1. The van der Waals surface area contributed by atoms with Crippen LogP contribution in [0.5, 0.6) is 0 Å². The van der Waals surface area contributed by atoms with Gasteiger partial charge in [-0.2, -0.15) is 0 Å². The molecule has 0 saturated carbocycles. The molecule has 0 spiro atoms. The van der Waals surface area contributed by atoms with E-state index in [1.807, 2.05) is 12.1 Å². The van der Waals surface area contributed by atoms with Crippen molar-refractivity contribution in [2.24, 2.45) is 0 Å². The molecule has 142 valence electrons. The molecule has 1 fully saturated rings. The SMILES string of the molecule is CC(=O)Nc1cccc2c1C[C@H](N1CCC(c3ccccc3)CC1)[C@@H](O)C2. The van der Waals surface area contributed by atoms with Crippen LogP contribution in [-0.4, -0.2) is 41.1 Å². The Morgan fingerprint density at radius 3 is 2.48 bits per heavy atom. The van der Waals surface area contributed by atoms with Crippen molar-refractivity contribution in [3.05, 3.63) is 65.2 Å². The number of rotatable bonds is 3. The second kappa shape index (κ2) is 7.83. The lowest BCUT2D eigenvalue weighted by Gasteiger charge is -2.42. The summed E-state index contributed by atoms with van der Waals surface area (Å²) < 4.78 is 0. The Morgan fingerprint density at radius 2 is 1.78 bits per heavy atom. The maximum absolute atomic E-state index is 11.5. The molecule has 1 saturated heterocycles. The van der Waals surface area contributed by atoms with Gasteiger partial charge in [0.2, 0.25) is 5.91 Å². The van der Waals surface area contributed by atoms with E-state index in [-0.39, 0.29) is 18.1 Å². The lowest BCUT2D eigenvalue weighted by atomic mass is 9.82. The van der Waals surface area contributed by atoms with E-state index in [0.29, 0.717) is 12.3 Å². The number of likely N-dealkylation sites (tertiary alicyclic amines) is 1. The van der Waals surface area contributed by atoms with Crippen LogP contribution in [0.4, 0.5) is 5.69 Å². The predicted octanol–water partition coefficient (Wildman–Crippen LogP) is 3.35. The quantitative estimate of drug-likeness (QED) is 0.878. The minimum Gasteiger partial charge on any atom is -0.391 e. The van der Waals surface area contributed by atoms with Gasteiger partial charge in [0, 0.05) is 25.1 Å². The number of carbonyl (C=O) groups is 1. The molecule has 0 bridgehead atoms. The maximum atomic E-state index is 11.5. The number of hydrogen-bond acceptors (Lipinski definition) is 3. The highest BCUT2D eigenvalue weighted by Crippen LogP contribution is 2.34. The Kier molecular flexibility index (Phi) is 5.28. The normalized spacial score (nSPS) is 23.6. The van der Waals surface area contributed by atoms with Crippen molar-refractivity contribution in [3.63, 3.8) is 0 Å². The summed E-state index contributed by atoms with van der Waals surface area (Å²) in [4.78, 5) is 14.0. The highest BCUT2D eigenvalue weighted by molar-refractivity contribution is 5.89. The number of piperidine rings is 1. The van der Waals surface area contributed by atoms with Gasteiger partial charge < -0.3 is 10.4 Å². The van der Waals surface area contributed by atoms with E-state index in [9.17, 15) is 9.90 Å². The minimum atomic E-state index is -0.349. The molecule has 27 heavy (non-hydrogen) atoms. The third-order valence-electron chi connectivity index (χ3n) is 6.14. The molecule has 4 rings (SSSR count). The third-order valence-corrected chi connectivity index (χ3v) is 6.14. The molecule has 1 aliphatic carbocycles. The molecule has 0 radical (unpaired) electrons. The molecule has 0 aromatic heterocycles. The fraction of sp³-hybridized carbons (Fsp3) is 0.435. The van der Waals surface area contributed by atoms with E-state index in [4.69, 9.17) is 0 Å². The molecule has 4 nitrogen and oxygen atoms in total. The van der Waals surface area contributed by atoms with Gasteiger partial charge in [-0.3, -0.25) is 9.69 Å². The van der Waals surface area contributed by atoms with Crippen LogP contribution in [0, 0.1) is 0 Å². The fourth-order valence-electron chi connectivity index (χ4n) is 4.74. The van der Waals surface area contributed by atoms with E-state index in [0.717, 1.165) is 43.6 Å². The summed E-state index contributed by atoms with van der Waals surface area (Å²) in [5, 5.41) is 13.8. The van der Waals surface area contributed by atoms with E-state index in [1.165, 1.54) is 11.1 Å². The number of benzene rings is 2. The Morgan fingerprint density at radius 1 is 1.04 bits per heavy atom. The van der Waals surface area contributed by atoms with Crippen LogP contribution >= 0.6 is 0 Å². The van der Waals surface area contributed by atoms with Crippen molar-refractivity contribution in [1.82, 2.24) is 4.90 Å². The van der Waals surface area contributed by atoms with Crippen molar-refractivity contribution in [2.75, 3.05) is 18.4 Å². The van der Waals surface area contributed by atoms with Gasteiger partial charge >= 0.3 is 0 Å². The Balaban J connectivity index is 1.47. The topological polar surface area (TPSA) is 52.6 Å². The summed E-state index contributed by atoms with van der Waals surface area (Å²) in [6.45, 7) is 3.57. The predicted molar refractivity (Wildman–Crippen MR) is 108 cm³/mol. The molecule has 1 heterocycles. The van der Waals surface area contributed by atoms with Crippen molar-refractivity contribution < 1.29 is 9.90 Å². The number of aliphatic hydroxyl groups is 1. The smallest absolute Gasteiger partial charge is 0.221 e. The zero-order chi connectivity index (χ0) is 18.8. The lowest BCUT2D eigenvalue weighted by molar-refractivity contribution is -0.114. The first kappa shape index (κ1) is 18.2. The first-order valence-corrected chi connectivity index (χ1v) is 9.97. The Bertz CT molecular complexity index is 797. The summed E-state index contributed by atoms with van der Waals surface area (Å²) in [5.41, 5.74) is 4.67. The summed E-state index contributed by atoms with van der Waals surface area (Å²) in [6, 6.07) is 16.9. The molecule has 0 unspecified atom stereocenters. The number of amides is 1. The fourth-order valence-corrected chi connectivity index (χ4v) is 4.74. The van der Waals surface area contributed by atoms with Crippen LogP contribution in [0.3, 0.4) is 0 Å². The van der Waals surface area contributed by atoms with E-state index >= 15 is 0 Å². The summed E-state index contributed by atoms with van der Waals surface area (Å²) in [6.07, 6.45) is 3.37. The van der Waals surface area contributed by atoms with Gasteiger partial charge in [-0.05, 0) is 61.0 Å². The van der Waals surface area contributed by atoms with Gasteiger partial charge in [0.1, 0.15) is 0 Å². The third kappa shape index (κ3) is 3.92. The summed E-state index contributed by atoms with van der Waals surface area (Å²) in [5.74, 6) is 0.570. The van der Waals surface area contributed by atoms with E-state index in [2.05, 4.69) is 46.6 Å². The highest BCUT2D eigenvalue weighted by Gasteiger charge is 2.34. The van der Waals surface area contributed by atoms with Crippen molar-refractivity contribution >= 4 is 11.6 Å². The average Bonchev–Trinajstić information content (AvgIpc) is 2.68. The van der Waals surface area contributed by atoms with Gasteiger partial charge in [-0.1, -0.05) is 42.5 Å². The van der Waals surface area contributed by atoms with Gasteiger partial charge in [-0.15, -0.1) is 0 Å². The van der Waals surface area contributed by atoms with Crippen LogP contribution in [0.25, 0.3) is 0 Å². The largest absolute Gasteiger partial charge is 0.391 e. The summed E-state index contributed by atoms with van der Waals surface area (Å²) >= 11 is 0. The summed E-state index contributed by atoms with van der Waals surface area (Å²) in [7, 11) is 0. The van der Waals surface area contributed by atoms with E-state index in [1.54, 1.807) is 6.92 Å². The van der Waals surface area contributed by atoms with Crippen LogP contribution in [0.15, 0.2) is 48.5 Å². The number of carbonyl (C=O) groups excluding carboxylic acids is 1. The Labute approximate surface area is 161 Å². The van der Waals surface area contributed by atoms with Gasteiger partial charge in [0.25, 0.3) is 0 Å². The molecule has 2 N–H and O–H groups in total. The number of hydrogen-bond donors (Lipinski definition) is 2. The highest BCUT2D eigenvalue weighted by atomic mass is 16.3. The van der Waals surface area contributed by atoms with Gasteiger partial charge in [0.15, 0.2) is 0 Å². The second-order valence-electron chi connectivity index (χ2n) is 7.89. The minimum absolute atomic E-state index is 0.0465. The van der Waals surface area contributed by atoms with Gasteiger partial charge in [-0.25, -0.2) is 0 Å². The molecule has 2 aromatic carbocycles. The van der Waals surface area contributed by atoms with Gasteiger partial charge in [0.05, 0.1) is 6.10 Å². The first-order valence-electron chi connectivity index (χ1n) is 9.97. The number of fused-ring (bicyclic) bond motifs is 1. The monoisotopic (exact) mass is 364 g/mol. The molecule has 1 aliphatic heterocycles. The number of nitrogens with zero attached hydrogens (tertiary/aromatic N) is 1. The van der Waals surface area contributed by atoms with Crippen LogP contribution in [0.2, 0.25) is 0 Å². The zero-order valence-electron chi connectivity index (χ0n) is 15.9. The standard InChI is InChI=1S/C23H28N2O2/c1-16(26)24-21-9-5-8-19-14-23(27)22(15-20(19)21)25-12-10-18(11-13-25)17-6-3-2-4-7-17/h2-9,18,22-23,27H,10-15H2,1H3,(H,24,26)/t22-,23-/m0/s1. The van der Waals surface area contributed by atoms with Crippen LogP contribution < -0.4 is 5.32 Å². The number of aliphatic hydroxyl groups excluding tert-OH is 1. The van der Waals surface area contributed by atoms with Crippen molar-refractivity contribution in [3.8, 4) is 0 Å². The molecule has 4 heteroatoms. The van der Waals surface area contributed by atoms with Crippen molar-refractivity contribution in [1.29, 1.82) is 0 Å². The zero-order valence-corrected chi connectivity index (χ0v) is 15.9. The molecule has 2 aromatic rings. The molecular formula is C23H28N2O2. The lowest BCUT2D eigenvalue weighted by Crippen LogP contribution is -2.51. The molecule has 1 amide bonds. The first-order chi connectivity index (χ1) is 13.1. The maximum Gasteiger partial charge on any atom is 0.221 e.